The van der Waals surface area contributed by atoms with Crippen LogP contribution in [0.1, 0.15) is 23.1 Å². The van der Waals surface area contributed by atoms with Gasteiger partial charge in [-0.25, -0.2) is 0 Å². The molecule has 0 bridgehead atoms. The molecule has 1 aliphatic heterocycles. The fourth-order valence-electron chi connectivity index (χ4n) is 2.61. The molecule has 128 valence electrons. The average Bonchev–Trinajstić information content (AvgIpc) is 3.29. The van der Waals surface area contributed by atoms with Crippen molar-refractivity contribution in [3.8, 4) is 11.5 Å². The quantitative estimate of drug-likeness (QED) is 0.684. The van der Waals surface area contributed by atoms with Crippen LogP contribution in [0.15, 0.2) is 58.2 Å². The Balaban J connectivity index is 1.36. The molecule has 0 spiro atoms. The Morgan fingerprint density at radius 2 is 1.84 bits per heavy atom. The first-order chi connectivity index (χ1) is 12.3. The maximum absolute atomic E-state index is 5.75. The van der Waals surface area contributed by atoms with Crippen LogP contribution in [0.2, 0.25) is 0 Å². The molecule has 0 saturated carbocycles. The zero-order chi connectivity index (χ0) is 17.1. The summed E-state index contributed by atoms with van der Waals surface area (Å²) in [6, 6.07) is 16.0. The normalized spacial score (nSPS) is 13.8. The van der Waals surface area contributed by atoms with Crippen molar-refractivity contribution in [1.82, 2.24) is 10.2 Å². The summed E-state index contributed by atoms with van der Waals surface area (Å²) in [5.41, 5.74) is 6.46. The number of nitrogens with zero attached hydrogens (tertiary/aromatic N) is 2. The largest absolute Gasteiger partial charge is 0.454 e. The lowest BCUT2D eigenvalue weighted by atomic mass is 10.1. The van der Waals surface area contributed by atoms with Crippen LogP contribution in [0.3, 0.4) is 0 Å². The van der Waals surface area contributed by atoms with E-state index in [1.165, 1.54) is 17.3 Å². The molecule has 25 heavy (non-hydrogen) atoms. The summed E-state index contributed by atoms with van der Waals surface area (Å²) >= 11 is 1.50. The third kappa shape index (κ3) is 3.78. The van der Waals surface area contributed by atoms with Gasteiger partial charge in [-0.15, -0.1) is 10.2 Å². The molecule has 7 heteroatoms. The van der Waals surface area contributed by atoms with Gasteiger partial charge in [0, 0.05) is 12.2 Å². The number of fused-ring (bicyclic) bond motifs is 1. The predicted molar refractivity (Wildman–Crippen MR) is 92.2 cm³/mol. The highest BCUT2D eigenvalue weighted by molar-refractivity contribution is 7.98. The van der Waals surface area contributed by atoms with Crippen molar-refractivity contribution < 1.29 is 19.6 Å². The zero-order valence-electron chi connectivity index (χ0n) is 13.6. The highest BCUT2D eigenvalue weighted by Crippen LogP contribution is 2.34. The third-order valence-corrected chi connectivity index (χ3v) is 4.79. The first-order valence-electron chi connectivity index (χ1n) is 7.99. The molecule has 0 amide bonds. The van der Waals surface area contributed by atoms with Crippen molar-refractivity contribution in [1.29, 1.82) is 0 Å². The molecule has 1 atom stereocenters. The SMILES string of the molecule is [NH3+][C@@H](Cc1ccccc1)c1nnc(SCc2ccc3c(c2)OCO3)o1. The highest BCUT2D eigenvalue weighted by atomic mass is 32.2. The van der Waals surface area contributed by atoms with E-state index in [1.54, 1.807) is 0 Å². The number of rotatable bonds is 6. The molecule has 1 aromatic heterocycles. The lowest BCUT2D eigenvalue weighted by Crippen LogP contribution is -2.54. The Morgan fingerprint density at radius 3 is 2.72 bits per heavy atom. The second kappa shape index (κ2) is 7.16. The summed E-state index contributed by atoms with van der Waals surface area (Å²) in [7, 11) is 0. The average molecular weight is 356 g/mol. The van der Waals surface area contributed by atoms with Crippen molar-refractivity contribution >= 4 is 11.8 Å². The van der Waals surface area contributed by atoms with E-state index < -0.39 is 0 Å². The molecule has 1 aliphatic rings. The molecule has 2 heterocycles. The minimum Gasteiger partial charge on any atom is -0.454 e. The lowest BCUT2D eigenvalue weighted by Gasteiger charge is -2.03. The molecule has 0 saturated heterocycles. The molecule has 0 unspecified atom stereocenters. The van der Waals surface area contributed by atoms with Crippen LogP contribution in [-0.2, 0) is 12.2 Å². The van der Waals surface area contributed by atoms with Gasteiger partial charge in [0.15, 0.2) is 17.5 Å². The number of aromatic nitrogens is 2. The van der Waals surface area contributed by atoms with Crippen LogP contribution in [0.5, 0.6) is 11.5 Å². The Kier molecular flexibility index (Phi) is 4.58. The van der Waals surface area contributed by atoms with Crippen molar-refractivity contribution in [2.24, 2.45) is 0 Å². The summed E-state index contributed by atoms with van der Waals surface area (Å²) in [4.78, 5) is 0. The summed E-state index contributed by atoms with van der Waals surface area (Å²) in [5.74, 6) is 2.86. The first-order valence-corrected chi connectivity index (χ1v) is 8.98. The number of thioether (sulfide) groups is 1. The monoisotopic (exact) mass is 356 g/mol. The van der Waals surface area contributed by atoms with E-state index in [4.69, 9.17) is 13.9 Å². The van der Waals surface area contributed by atoms with Gasteiger partial charge in [0.2, 0.25) is 6.79 Å². The van der Waals surface area contributed by atoms with Crippen LogP contribution in [-0.4, -0.2) is 17.0 Å². The van der Waals surface area contributed by atoms with Crippen LogP contribution < -0.4 is 15.2 Å². The van der Waals surface area contributed by atoms with Gasteiger partial charge in [0.1, 0.15) is 0 Å². The van der Waals surface area contributed by atoms with Crippen LogP contribution in [0.4, 0.5) is 0 Å². The van der Waals surface area contributed by atoms with Crippen molar-refractivity contribution in [3.05, 3.63) is 65.5 Å². The molecule has 4 rings (SSSR count). The second-order valence-corrected chi connectivity index (χ2v) is 6.70. The van der Waals surface area contributed by atoms with E-state index in [-0.39, 0.29) is 12.8 Å². The fourth-order valence-corrected chi connectivity index (χ4v) is 3.32. The maximum atomic E-state index is 5.75. The molecule has 0 radical (unpaired) electrons. The van der Waals surface area contributed by atoms with E-state index in [1.807, 2.05) is 36.4 Å². The van der Waals surface area contributed by atoms with Gasteiger partial charge < -0.3 is 19.6 Å². The van der Waals surface area contributed by atoms with E-state index in [0.29, 0.717) is 11.1 Å². The molecule has 3 aromatic rings. The molecule has 3 N–H and O–H groups in total. The zero-order valence-corrected chi connectivity index (χ0v) is 14.4. The summed E-state index contributed by atoms with van der Waals surface area (Å²) in [5, 5.41) is 8.80. The topological polar surface area (TPSA) is 85.0 Å². The summed E-state index contributed by atoms with van der Waals surface area (Å²) in [6.45, 7) is 0.283. The summed E-state index contributed by atoms with van der Waals surface area (Å²) in [6.07, 6.45) is 0.773. The Bertz CT molecular complexity index is 854. The molecule has 2 aromatic carbocycles. The Morgan fingerprint density at radius 1 is 1.00 bits per heavy atom. The van der Waals surface area contributed by atoms with E-state index in [2.05, 4.69) is 28.1 Å². The lowest BCUT2D eigenvalue weighted by molar-refractivity contribution is -0.431. The Labute approximate surface area is 149 Å². The van der Waals surface area contributed by atoms with Crippen LogP contribution >= 0.6 is 11.8 Å². The van der Waals surface area contributed by atoms with E-state index in [0.717, 1.165) is 29.2 Å². The number of benzene rings is 2. The van der Waals surface area contributed by atoms with E-state index >= 15 is 0 Å². The maximum Gasteiger partial charge on any atom is 0.277 e. The number of quaternary nitrogens is 1. The minimum absolute atomic E-state index is 0.0604. The third-order valence-electron chi connectivity index (χ3n) is 3.90. The standard InChI is InChI=1S/C18H17N3O3S/c19-14(8-12-4-2-1-3-5-12)17-20-21-18(24-17)25-10-13-6-7-15-16(9-13)23-11-22-15/h1-7,9,14H,8,10-11,19H2/p+1/t14-/m0/s1. The molecular formula is C18H18N3O3S+. The molecule has 0 aliphatic carbocycles. The van der Waals surface area contributed by atoms with Gasteiger partial charge in [-0.1, -0.05) is 48.2 Å². The second-order valence-electron chi connectivity index (χ2n) is 5.77. The summed E-state index contributed by atoms with van der Waals surface area (Å²) < 4.78 is 16.5. The molecule has 0 fully saturated rings. The van der Waals surface area contributed by atoms with Crippen LogP contribution in [0.25, 0.3) is 0 Å². The minimum atomic E-state index is -0.0604. The van der Waals surface area contributed by atoms with Crippen LogP contribution in [0, 0.1) is 0 Å². The fraction of sp³-hybridized carbons (Fsp3) is 0.222. The van der Waals surface area contributed by atoms with Gasteiger partial charge in [0.25, 0.3) is 11.1 Å². The highest BCUT2D eigenvalue weighted by Gasteiger charge is 2.19. The number of ether oxygens (including phenoxy) is 2. The van der Waals surface area contributed by atoms with Gasteiger partial charge in [-0.05, 0) is 23.3 Å². The smallest absolute Gasteiger partial charge is 0.277 e. The Hall–Kier alpha value is -2.51. The van der Waals surface area contributed by atoms with Crippen molar-refractivity contribution in [2.45, 2.75) is 23.4 Å². The van der Waals surface area contributed by atoms with Crippen molar-refractivity contribution in [3.63, 3.8) is 0 Å². The van der Waals surface area contributed by atoms with Gasteiger partial charge in [0.05, 0.1) is 0 Å². The van der Waals surface area contributed by atoms with Gasteiger partial charge in [-0.2, -0.15) is 0 Å². The molecular weight excluding hydrogens is 338 g/mol. The first kappa shape index (κ1) is 16.0. The number of hydrogen-bond donors (Lipinski definition) is 1. The van der Waals surface area contributed by atoms with E-state index in [9.17, 15) is 0 Å². The predicted octanol–water partition coefficient (Wildman–Crippen LogP) is 2.62. The van der Waals surface area contributed by atoms with Crippen molar-refractivity contribution in [2.75, 3.05) is 6.79 Å². The van der Waals surface area contributed by atoms with Gasteiger partial charge >= 0.3 is 0 Å². The van der Waals surface area contributed by atoms with Gasteiger partial charge in [-0.3, -0.25) is 0 Å². The number of hydrogen-bond acceptors (Lipinski definition) is 6. The molecule has 6 nitrogen and oxygen atoms in total.